The number of nitrogens with zero attached hydrogens (tertiary/aromatic N) is 3. The molecule has 0 saturated carbocycles. The van der Waals surface area contributed by atoms with Gasteiger partial charge in [-0.15, -0.1) is 11.3 Å². The smallest absolute Gasteiger partial charge is 0.335 e. The highest BCUT2D eigenvalue weighted by molar-refractivity contribution is 7.18. The van der Waals surface area contributed by atoms with Gasteiger partial charge >= 0.3 is 5.97 Å². The van der Waals surface area contributed by atoms with Gasteiger partial charge in [-0.3, -0.25) is 0 Å². The summed E-state index contributed by atoms with van der Waals surface area (Å²) < 4.78 is 27.6. The van der Waals surface area contributed by atoms with Gasteiger partial charge in [0.15, 0.2) is 0 Å². The van der Waals surface area contributed by atoms with E-state index in [2.05, 4.69) is 270 Å². The van der Waals surface area contributed by atoms with Crippen molar-refractivity contribution in [2.24, 2.45) is 0 Å². The molecular weight excluding hydrogens is 1560 g/mol. The highest BCUT2D eigenvalue weighted by Gasteiger charge is 2.27. The molecule has 8 aromatic carbocycles. The van der Waals surface area contributed by atoms with Gasteiger partial charge in [-0.25, -0.2) is 14.8 Å². The Morgan fingerprint density at radius 3 is 1.23 bits per heavy atom. The fraction of sp³-hybridized carbons (Fsp3) is 0.354. The number of thiophene rings is 1. The van der Waals surface area contributed by atoms with E-state index in [1.807, 2.05) is 18.2 Å². The number of fused-ring (bicyclic) bond motifs is 9. The normalized spacial score (nSPS) is 11.7. The molecule has 0 spiro atoms. The van der Waals surface area contributed by atoms with Crippen LogP contribution in [0.4, 0.5) is 17.1 Å². The van der Waals surface area contributed by atoms with Gasteiger partial charge in [0.25, 0.3) is 0 Å². The lowest BCUT2D eigenvalue weighted by Gasteiger charge is -2.27. The van der Waals surface area contributed by atoms with Gasteiger partial charge in [-0.1, -0.05) is 297 Å². The molecule has 0 radical (unpaired) electrons. The van der Waals surface area contributed by atoms with E-state index in [0.717, 1.165) is 223 Å². The van der Waals surface area contributed by atoms with Crippen LogP contribution in [-0.2, 0) is 0 Å². The summed E-state index contributed by atoms with van der Waals surface area (Å²) in [5.41, 5.74) is 23.0. The van der Waals surface area contributed by atoms with Gasteiger partial charge in [0.1, 0.15) is 23.0 Å². The van der Waals surface area contributed by atoms with Crippen LogP contribution in [0.25, 0.3) is 112 Å². The molecule has 2 aliphatic heterocycles. The van der Waals surface area contributed by atoms with E-state index in [0.29, 0.717) is 37.7 Å². The first-order valence-corrected chi connectivity index (χ1v) is 47.7. The summed E-state index contributed by atoms with van der Waals surface area (Å²) in [4.78, 5) is 36.5. The van der Waals surface area contributed by atoms with Crippen molar-refractivity contribution in [2.45, 2.75) is 235 Å². The first-order chi connectivity index (χ1) is 61.4. The Morgan fingerprint density at radius 2 is 0.760 bits per heavy atom. The topological polar surface area (TPSA) is 135 Å². The summed E-state index contributed by atoms with van der Waals surface area (Å²) >= 11 is 1.61. The van der Waals surface area contributed by atoms with E-state index in [-0.39, 0.29) is 5.56 Å². The molecule has 0 unspecified atom stereocenters. The van der Waals surface area contributed by atoms with Crippen molar-refractivity contribution >= 4 is 91.5 Å². The van der Waals surface area contributed by atoms with Crippen molar-refractivity contribution in [2.75, 3.05) is 31.3 Å². The number of carbonyl (C=O) groups is 1. The number of hydrogen-bond acceptors (Lipinski definition) is 9. The predicted octanol–water partition coefficient (Wildman–Crippen LogP) is 32.5. The summed E-state index contributed by atoms with van der Waals surface area (Å²) in [5.74, 6) is 9.93. The highest BCUT2D eigenvalue weighted by Crippen LogP contribution is 2.48. The molecule has 6 heterocycles. The standard InChI is InChI=1S/C113H127N5O6S/c1-9-13-17-21-23-25-27-29-31-37-73-121-102-45-39-41-81(7)107(102)109-96-66-64-94(114-96)93(63-72-106-91-43-33-34-44-92(91)112(125-106)85-49-51-86(52-50-85)113(119)120)95-65-67-97(115-95)110(108-82(8)42-40-46-103(108)122-74-38-32-30-28-26-24-22-18-14-10-2)99-69-71-101(117-99)111(100-70-68-98(109)116-100)118(87-57-53-83(54-58-87)89-61-47-79(5)77-104(89)123-75-35-19-15-11-3)88-59-55-84(56-60-88)90-62-48-80(6)78-105(90)124-76-36-20-16-12-4/h33-34,39-62,64-71,77-78,114,117H,9-32,35-38,73-76H2,1-8H3,(H,119,120). The fourth-order valence-corrected chi connectivity index (χ4v) is 18.6. The van der Waals surface area contributed by atoms with Crippen LogP contribution >= 0.6 is 11.3 Å². The summed E-state index contributed by atoms with van der Waals surface area (Å²) in [6.07, 6.45) is 42.2. The van der Waals surface area contributed by atoms with E-state index in [1.165, 1.54) is 128 Å². The van der Waals surface area contributed by atoms with Crippen LogP contribution in [0, 0.1) is 39.5 Å². The largest absolute Gasteiger partial charge is 0.493 e. The molecule has 0 saturated heterocycles. The second-order valence-corrected chi connectivity index (χ2v) is 35.1. The number of anilines is 3. The second kappa shape index (κ2) is 45.3. The maximum atomic E-state index is 12.1. The molecule has 3 N–H and O–H groups in total. The van der Waals surface area contributed by atoms with E-state index in [4.69, 9.17) is 28.9 Å². The molecule has 11 nitrogen and oxygen atoms in total. The van der Waals surface area contributed by atoms with Crippen LogP contribution in [0.5, 0.6) is 23.0 Å². The Bertz CT molecular complexity index is 5750. The Labute approximate surface area is 746 Å². The zero-order valence-electron chi connectivity index (χ0n) is 75.2. The van der Waals surface area contributed by atoms with Crippen LogP contribution < -0.4 is 23.8 Å². The van der Waals surface area contributed by atoms with E-state index < -0.39 is 5.97 Å². The lowest BCUT2D eigenvalue weighted by molar-refractivity contribution is 0.0696. The average molecular weight is 1680 g/mol. The monoisotopic (exact) mass is 1680 g/mol. The molecule has 0 atom stereocenters. The molecule has 0 fully saturated rings. The van der Waals surface area contributed by atoms with Gasteiger partial charge in [-0.05, 0) is 207 Å². The molecule has 4 aromatic heterocycles. The minimum Gasteiger partial charge on any atom is -0.493 e. The zero-order chi connectivity index (χ0) is 86.6. The summed E-state index contributed by atoms with van der Waals surface area (Å²) in [6, 6.07) is 68.2. The third-order valence-electron chi connectivity index (χ3n) is 24.4. The number of hydrogen-bond donors (Lipinski definition) is 3. The maximum Gasteiger partial charge on any atom is 0.335 e. The van der Waals surface area contributed by atoms with E-state index in [1.54, 1.807) is 23.5 Å². The lowest BCUT2D eigenvalue weighted by Crippen LogP contribution is -2.12. The number of aromatic amines is 2. The van der Waals surface area contributed by atoms with Crippen LogP contribution in [0.3, 0.4) is 0 Å². The number of benzene rings is 8. The Hall–Kier alpha value is -11.7. The van der Waals surface area contributed by atoms with Crippen molar-refractivity contribution in [1.29, 1.82) is 0 Å². The average Bonchev–Trinajstić information content (AvgIpc) is 1.67. The van der Waals surface area contributed by atoms with Crippen molar-refractivity contribution in [3.8, 4) is 89.8 Å². The van der Waals surface area contributed by atoms with Gasteiger partial charge in [0.05, 0.1) is 81.9 Å². The van der Waals surface area contributed by atoms with Crippen LogP contribution in [-0.4, -0.2) is 57.4 Å². The quantitative estimate of drug-likeness (QED) is 0.0252. The molecule has 125 heavy (non-hydrogen) atoms. The number of unbranched alkanes of at least 4 members (excludes halogenated alkanes) is 24. The minimum absolute atomic E-state index is 0.236. The minimum atomic E-state index is -0.963. The van der Waals surface area contributed by atoms with Gasteiger partial charge in [-0.2, -0.15) is 0 Å². The van der Waals surface area contributed by atoms with Gasteiger partial charge in [0.2, 0.25) is 0 Å². The first kappa shape index (κ1) is 89.6. The van der Waals surface area contributed by atoms with Crippen molar-refractivity contribution in [3.63, 3.8) is 0 Å². The number of aryl methyl sites for hydroxylation is 4. The SMILES string of the molecule is CCCCCCCCCCCCOc1cccc(C)c1-c1c2nc(c(N(c3ccc(-c4ccc(C)cc4OCCCCCC)cc3)c3ccc(-c4ccc(C)cc4OCCCCCC)cc3)c3ccc([nH]3)c(-c3c(C)cccc3OCCCCCCCCCCCC)c3nc(c(C#Cc4sc(-c5ccc(C(=O)O)cc5)c5ccccc45)c4ccc1[nH]4)C=C3)C=C2. The van der Waals surface area contributed by atoms with Crippen molar-refractivity contribution in [3.05, 3.63) is 255 Å². The molecule has 12 heteroatoms. The fourth-order valence-electron chi connectivity index (χ4n) is 17.5. The number of aromatic nitrogens is 4. The molecule has 14 rings (SSSR count). The Morgan fingerprint density at radius 1 is 0.368 bits per heavy atom. The first-order valence-electron chi connectivity index (χ1n) is 46.8. The summed E-state index contributed by atoms with van der Waals surface area (Å²) in [7, 11) is 0. The van der Waals surface area contributed by atoms with Crippen LogP contribution in [0.2, 0.25) is 0 Å². The molecule has 0 amide bonds. The van der Waals surface area contributed by atoms with E-state index >= 15 is 0 Å². The van der Waals surface area contributed by atoms with Crippen molar-refractivity contribution < 1.29 is 28.8 Å². The Balaban J connectivity index is 1.00. The summed E-state index contributed by atoms with van der Waals surface area (Å²) in [5, 5.41) is 12.0. The molecule has 12 aromatic rings. The number of ether oxygens (including phenoxy) is 4. The second-order valence-electron chi connectivity index (χ2n) is 34.1. The number of H-pyrrole nitrogens is 2. The summed E-state index contributed by atoms with van der Waals surface area (Å²) in [6.45, 7) is 20.2. The number of carboxylic acids is 1. The maximum absolute atomic E-state index is 12.1. The Kier molecular flexibility index (Phi) is 32.5. The number of rotatable bonds is 45. The van der Waals surface area contributed by atoms with E-state index in [9.17, 15) is 9.90 Å². The molecule has 646 valence electrons. The van der Waals surface area contributed by atoms with Crippen molar-refractivity contribution in [1.82, 2.24) is 19.9 Å². The highest BCUT2D eigenvalue weighted by atomic mass is 32.1. The third kappa shape index (κ3) is 22.9. The number of nitrogens with one attached hydrogen (secondary N) is 2. The van der Waals surface area contributed by atoms with Gasteiger partial charge < -0.3 is 38.9 Å². The van der Waals surface area contributed by atoms with Gasteiger partial charge in [0, 0.05) is 71.4 Å². The molecule has 0 aliphatic carbocycles. The van der Waals surface area contributed by atoms with Crippen LogP contribution in [0.1, 0.15) is 273 Å². The van der Waals surface area contributed by atoms with Crippen LogP contribution in [0.15, 0.2) is 194 Å². The molecule has 2 aliphatic rings. The lowest BCUT2D eigenvalue weighted by atomic mass is 9.97. The predicted molar refractivity (Wildman–Crippen MR) is 528 cm³/mol. The molecular formula is C113H127N5O6S. The number of carboxylic acid groups (broad SMARTS) is 1. The number of aromatic carboxylic acids is 1. The molecule has 8 bridgehead atoms. The third-order valence-corrected chi connectivity index (χ3v) is 25.6. The zero-order valence-corrected chi connectivity index (χ0v) is 76.0.